The van der Waals surface area contributed by atoms with Crippen molar-refractivity contribution in [2.24, 2.45) is 23.5 Å². The number of nitrogens with two attached hydrogens (primary N) is 1. The summed E-state index contributed by atoms with van der Waals surface area (Å²) >= 11 is 0. The minimum absolute atomic E-state index is 0.455. The quantitative estimate of drug-likeness (QED) is 0.495. The Hall–Kier alpha value is -0.370. The van der Waals surface area contributed by atoms with Crippen molar-refractivity contribution in [2.45, 2.75) is 18.9 Å². The summed E-state index contributed by atoms with van der Waals surface area (Å²) in [6, 6.07) is 0.455. The summed E-state index contributed by atoms with van der Waals surface area (Å²) in [6.07, 6.45) is 3.94. The van der Waals surface area contributed by atoms with Crippen LogP contribution in [0, 0.1) is 23.2 Å². The van der Waals surface area contributed by atoms with Crippen LogP contribution in [0.4, 0.5) is 0 Å². The predicted molar refractivity (Wildman–Crippen MR) is 36.5 cm³/mol. The van der Waals surface area contributed by atoms with E-state index in [0.717, 1.165) is 11.8 Å². The molecule has 0 aromatic heterocycles. The van der Waals surface area contributed by atoms with Crippen molar-refractivity contribution in [3.63, 3.8) is 0 Å². The lowest BCUT2D eigenvalue weighted by atomic mass is 10.1. The first-order valence-electron chi connectivity index (χ1n) is 3.59. The molecule has 2 heteroatoms. The fourth-order valence-corrected chi connectivity index (χ4v) is 2.18. The van der Waals surface area contributed by atoms with Crippen LogP contribution in [-0.4, -0.2) is 12.3 Å². The molecule has 0 bridgehead atoms. The van der Waals surface area contributed by atoms with Gasteiger partial charge >= 0.3 is 0 Å². The molecular weight excluding hydrogens is 112 g/mol. The molecule has 2 aliphatic carbocycles. The van der Waals surface area contributed by atoms with Crippen molar-refractivity contribution in [1.82, 2.24) is 0 Å². The van der Waals surface area contributed by atoms with Crippen LogP contribution in [0.1, 0.15) is 12.8 Å². The van der Waals surface area contributed by atoms with Gasteiger partial charge in [-0.05, 0) is 36.8 Å². The highest BCUT2D eigenvalue weighted by Gasteiger charge is 2.53. The molecule has 0 amide bonds. The van der Waals surface area contributed by atoms with Gasteiger partial charge in [0.2, 0.25) is 0 Å². The first-order valence-corrected chi connectivity index (χ1v) is 3.59. The van der Waals surface area contributed by atoms with Crippen molar-refractivity contribution in [1.29, 1.82) is 5.41 Å². The summed E-state index contributed by atoms with van der Waals surface area (Å²) in [5, 5.41) is 7.02. The van der Waals surface area contributed by atoms with Crippen molar-refractivity contribution < 1.29 is 0 Å². The lowest BCUT2D eigenvalue weighted by molar-refractivity contribution is 0.586. The van der Waals surface area contributed by atoms with Gasteiger partial charge in [0.15, 0.2) is 0 Å². The van der Waals surface area contributed by atoms with Gasteiger partial charge in [-0.15, -0.1) is 0 Å². The van der Waals surface area contributed by atoms with E-state index in [0.29, 0.717) is 12.0 Å². The summed E-state index contributed by atoms with van der Waals surface area (Å²) in [7, 11) is 0. The fraction of sp³-hybridized carbons (Fsp3) is 0.857. The summed E-state index contributed by atoms with van der Waals surface area (Å²) in [5.41, 5.74) is 5.70. The number of rotatable bonds is 1. The Labute approximate surface area is 54.9 Å². The Kier molecular flexibility index (Phi) is 0.943. The molecule has 2 fully saturated rings. The van der Waals surface area contributed by atoms with Crippen molar-refractivity contribution in [2.75, 3.05) is 0 Å². The second kappa shape index (κ2) is 1.57. The Balaban J connectivity index is 1.98. The Morgan fingerprint density at radius 3 is 2.33 bits per heavy atom. The highest BCUT2D eigenvalue weighted by molar-refractivity contribution is 5.62. The third-order valence-electron chi connectivity index (χ3n) is 2.74. The van der Waals surface area contributed by atoms with E-state index in [2.05, 4.69) is 0 Å². The molecule has 2 aliphatic rings. The van der Waals surface area contributed by atoms with Crippen LogP contribution in [0.3, 0.4) is 0 Å². The largest absolute Gasteiger partial charge is 0.328 e. The van der Waals surface area contributed by atoms with Gasteiger partial charge in [0.25, 0.3) is 0 Å². The van der Waals surface area contributed by atoms with Crippen LogP contribution in [0.25, 0.3) is 0 Å². The van der Waals surface area contributed by atoms with Gasteiger partial charge in [-0.2, -0.15) is 0 Å². The van der Waals surface area contributed by atoms with Gasteiger partial charge in [0, 0.05) is 6.04 Å². The van der Waals surface area contributed by atoms with Crippen LogP contribution >= 0.6 is 0 Å². The van der Waals surface area contributed by atoms with Crippen molar-refractivity contribution in [3.8, 4) is 0 Å². The van der Waals surface area contributed by atoms with Crippen LogP contribution in [0.15, 0.2) is 0 Å². The van der Waals surface area contributed by atoms with E-state index in [-0.39, 0.29) is 0 Å². The summed E-state index contributed by atoms with van der Waals surface area (Å²) in [5.74, 6) is 2.22. The lowest BCUT2D eigenvalue weighted by Crippen LogP contribution is -2.18. The number of hydrogen-bond acceptors (Lipinski definition) is 2. The molecule has 0 spiro atoms. The minimum atomic E-state index is 0.455. The highest BCUT2D eigenvalue weighted by atomic mass is 14.7. The summed E-state index contributed by atoms with van der Waals surface area (Å²) < 4.78 is 0. The monoisotopic (exact) mass is 124 g/mol. The van der Waals surface area contributed by atoms with Crippen LogP contribution in [0.2, 0.25) is 0 Å². The Bertz CT molecular complexity index is 132. The highest BCUT2D eigenvalue weighted by Crippen LogP contribution is 2.55. The molecule has 0 heterocycles. The molecule has 0 saturated heterocycles. The maximum Gasteiger partial charge on any atom is 0.00447 e. The molecule has 0 radical (unpaired) electrons. The predicted octanol–water partition coefficient (Wildman–Crippen LogP) is 0.619. The van der Waals surface area contributed by atoms with Crippen molar-refractivity contribution in [3.05, 3.63) is 0 Å². The SMILES string of the molecule is N=CC1[C@H]2CC(N)C[C@@H]12. The number of nitrogens with one attached hydrogen (secondary N) is 1. The van der Waals surface area contributed by atoms with E-state index >= 15 is 0 Å². The standard InChI is InChI=1S/C7H12N2/c8-3-7-5-1-4(9)2-6(5)7/h3-8H,1-2,9H2/t4?,5-,6+,7?. The van der Waals surface area contributed by atoms with E-state index in [9.17, 15) is 0 Å². The molecule has 0 aromatic carbocycles. The van der Waals surface area contributed by atoms with Crippen LogP contribution in [-0.2, 0) is 0 Å². The van der Waals surface area contributed by atoms with Crippen LogP contribution < -0.4 is 5.73 Å². The average Bonchev–Trinajstić information content (AvgIpc) is 2.30. The average molecular weight is 124 g/mol. The Morgan fingerprint density at radius 2 is 1.89 bits per heavy atom. The summed E-state index contributed by atoms with van der Waals surface area (Å²) in [6.45, 7) is 0. The molecule has 50 valence electrons. The third-order valence-corrected chi connectivity index (χ3v) is 2.74. The van der Waals surface area contributed by atoms with Crippen LogP contribution in [0.5, 0.6) is 0 Å². The number of fused-ring (bicyclic) bond motifs is 1. The maximum absolute atomic E-state index is 7.02. The second-order valence-electron chi connectivity index (χ2n) is 3.30. The molecule has 9 heavy (non-hydrogen) atoms. The zero-order chi connectivity index (χ0) is 6.43. The topological polar surface area (TPSA) is 49.9 Å². The van der Waals surface area contributed by atoms with Gasteiger partial charge in [-0.1, -0.05) is 0 Å². The molecule has 2 unspecified atom stereocenters. The molecule has 2 nitrogen and oxygen atoms in total. The van der Waals surface area contributed by atoms with Gasteiger partial charge in [0.1, 0.15) is 0 Å². The van der Waals surface area contributed by atoms with E-state index in [1.165, 1.54) is 12.8 Å². The molecule has 0 aromatic rings. The lowest BCUT2D eigenvalue weighted by Gasteiger charge is -2.03. The smallest absolute Gasteiger partial charge is 0.00447 e. The van der Waals surface area contributed by atoms with Gasteiger partial charge in [-0.3, -0.25) is 0 Å². The zero-order valence-electron chi connectivity index (χ0n) is 5.38. The minimum Gasteiger partial charge on any atom is -0.328 e. The summed E-state index contributed by atoms with van der Waals surface area (Å²) in [4.78, 5) is 0. The fourth-order valence-electron chi connectivity index (χ4n) is 2.18. The zero-order valence-corrected chi connectivity index (χ0v) is 5.38. The van der Waals surface area contributed by atoms with E-state index in [1.807, 2.05) is 0 Å². The molecule has 2 rings (SSSR count). The molecule has 2 saturated carbocycles. The first kappa shape index (κ1) is 5.42. The van der Waals surface area contributed by atoms with Crippen molar-refractivity contribution >= 4 is 6.21 Å². The van der Waals surface area contributed by atoms with Gasteiger partial charge < -0.3 is 11.1 Å². The van der Waals surface area contributed by atoms with E-state index < -0.39 is 0 Å². The molecular formula is C7H12N2. The molecule has 4 atom stereocenters. The number of hydrogen-bond donors (Lipinski definition) is 2. The first-order chi connectivity index (χ1) is 4.33. The second-order valence-corrected chi connectivity index (χ2v) is 3.30. The van der Waals surface area contributed by atoms with E-state index in [1.54, 1.807) is 6.21 Å². The van der Waals surface area contributed by atoms with Gasteiger partial charge in [-0.25, -0.2) is 0 Å². The maximum atomic E-state index is 7.02. The molecule has 3 N–H and O–H groups in total. The van der Waals surface area contributed by atoms with Gasteiger partial charge in [0.05, 0.1) is 0 Å². The molecule has 0 aliphatic heterocycles. The van der Waals surface area contributed by atoms with E-state index in [4.69, 9.17) is 11.1 Å². The third kappa shape index (κ3) is 0.628. The normalized spacial score (nSPS) is 54.8. The Morgan fingerprint density at radius 1 is 1.33 bits per heavy atom.